The Morgan fingerprint density at radius 1 is 1.35 bits per heavy atom. The highest BCUT2D eigenvalue weighted by atomic mass is 32.1. The standard InChI is InChI=1S/C13H19N5S2/c1-9-5-3-4-6-18(9)8-11-15-7-10(19-11)12-16-17-13(14-2)20-12/h7,9H,3-6,8H2,1-2H3,(H,14,17). The van der Waals surface area contributed by atoms with Gasteiger partial charge in [-0.15, -0.1) is 21.5 Å². The van der Waals surface area contributed by atoms with Gasteiger partial charge in [0.05, 0.1) is 11.4 Å². The molecule has 5 nitrogen and oxygen atoms in total. The molecule has 3 rings (SSSR count). The fourth-order valence-corrected chi connectivity index (χ4v) is 4.15. The molecule has 20 heavy (non-hydrogen) atoms. The van der Waals surface area contributed by atoms with Gasteiger partial charge in [-0.05, 0) is 26.3 Å². The molecular formula is C13H19N5S2. The summed E-state index contributed by atoms with van der Waals surface area (Å²) in [6.07, 6.45) is 5.90. The number of hydrogen-bond donors (Lipinski definition) is 1. The van der Waals surface area contributed by atoms with E-state index in [0.29, 0.717) is 6.04 Å². The van der Waals surface area contributed by atoms with Crippen LogP contribution in [0.4, 0.5) is 5.13 Å². The predicted molar refractivity (Wildman–Crippen MR) is 84.3 cm³/mol. The monoisotopic (exact) mass is 309 g/mol. The maximum absolute atomic E-state index is 4.55. The third kappa shape index (κ3) is 2.99. The molecule has 1 saturated heterocycles. The number of rotatable bonds is 4. The van der Waals surface area contributed by atoms with Crippen molar-refractivity contribution in [2.45, 2.75) is 38.8 Å². The summed E-state index contributed by atoms with van der Waals surface area (Å²) in [5.41, 5.74) is 0. The molecule has 2 aromatic rings. The van der Waals surface area contributed by atoms with Gasteiger partial charge in [0.1, 0.15) is 5.01 Å². The summed E-state index contributed by atoms with van der Waals surface area (Å²) in [6.45, 7) is 4.47. The maximum atomic E-state index is 4.55. The highest BCUT2D eigenvalue weighted by Gasteiger charge is 2.20. The van der Waals surface area contributed by atoms with Crippen LogP contribution in [0.1, 0.15) is 31.2 Å². The molecule has 1 atom stereocenters. The second kappa shape index (κ2) is 6.15. The summed E-state index contributed by atoms with van der Waals surface area (Å²) < 4.78 is 0. The summed E-state index contributed by atoms with van der Waals surface area (Å²) >= 11 is 3.30. The van der Waals surface area contributed by atoms with E-state index in [0.717, 1.165) is 21.6 Å². The van der Waals surface area contributed by atoms with Crippen molar-refractivity contribution in [1.82, 2.24) is 20.1 Å². The smallest absolute Gasteiger partial charge is 0.205 e. The van der Waals surface area contributed by atoms with Crippen LogP contribution in [0.25, 0.3) is 9.88 Å². The van der Waals surface area contributed by atoms with Gasteiger partial charge in [0.2, 0.25) is 5.13 Å². The first-order valence-electron chi connectivity index (χ1n) is 6.96. The molecule has 2 aromatic heterocycles. The lowest BCUT2D eigenvalue weighted by molar-refractivity contribution is 0.152. The van der Waals surface area contributed by atoms with Crippen LogP contribution in [0.2, 0.25) is 0 Å². The van der Waals surface area contributed by atoms with E-state index < -0.39 is 0 Å². The van der Waals surface area contributed by atoms with Crippen molar-refractivity contribution in [2.75, 3.05) is 18.9 Å². The Kier molecular flexibility index (Phi) is 4.28. The number of thiazole rings is 1. The molecule has 0 spiro atoms. The number of hydrogen-bond acceptors (Lipinski definition) is 7. The van der Waals surface area contributed by atoms with Crippen molar-refractivity contribution in [2.24, 2.45) is 0 Å². The number of anilines is 1. The molecule has 1 unspecified atom stereocenters. The molecule has 0 radical (unpaired) electrons. The molecule has 0 aliphatic carbocycles. The van der Waals surface area contributed by atoms with Crippen molar-refractivity contribution in [3.63, 3.8) is 0 Å². The van der Waals surface area contributed by atoms with E-state index in [1.165, 1.54) is 30.8 Å². The molecule has 0 aromatic carbocycles. The van der Waals surface area contributed by atoms with Gasteiger partial charge in [-0.2, -0.15) is 0 Å². The second-order valence-electron chi connectivity index (χ2n) is 5.10. The lowest BCUT2D eigenvalue weighted by atomic mass is 10.0. The van der Waals surface area contributed by atoms with Gasteiger partial charge in [-0.1, -0.05) is 17.8 Å². The molecule has 1 N–H and O–H groups in total. The summed E-state index contributed by atoms with van der Waals surface area (Å²) in [6, 6.07) is 0.675. The van der Waals surface area contributed by atoms with Crippen LogP contribution in [0.15, 0.2) is 6.20 Å². The van der Waals surface area contributed by atoms with Gasteiger partial charge < -0.3 is 5.32 Å². The topological polar surface area (TPSA) is 53.9 Å². The van der Waals surface area contributed by atoms with E-state index in [1.54, 1.807) is 22.7 Å². The Hall–Kier alpha value is -1.05. The molecule has 1 fully saturated rings. The zero-order valence-corrected chi connectivity index (χ0v) is 13.4. The zero-order chi connectivity index (χ0) is 13.9. The quantitative estimate of drug-likeness (QED) is 0.940. The van der Waals surface area contributed by atoms with Crippen LogP contribution in [0.5, 0.6) is 0 Å². The fourth-order valence-electron chi connectivity index (χ4n) is 2.47. The number of likely N-dealkylation sites (tertiary alicyclic amines) is 1. The minimum Gasteiger partial charge on any atom is -0.363 e. The SMILES string of the molecule is CNc1nnc(-c2cnc(CN3CCCCC3C)s2)s1. The minimum absolute atomic E-state index is 0.675. The third-order valence-corrected chi connectivity index (χ3v) is 5.77. The number of nitrogens with one attached hydrogen (secondary N) is 1. The Bertz CT molecular complexity index is 565. The average molecular weight is 309 g/mol. The molecule has 108 valence electrons. The molecule has 7 heteroatoms. The molecule has 0 bridgehead atoms. The van der Waals surface area contributed by atoms with Crippen molar-refractivity contribution in [3.05, 3.63) is 11.2 Å². The summed E-state index contributed by atoms with van der Waals surface area (Å²) in [5, 5.41) is 14.3. The third-order valence-electron chi connectivity index (χ3n) is 3.68. The van der Waals surface area contributed by atoms with Gasteiger partial charge in [0, 0.05) is 19.3 Å². The second-order valence-corrected chi connectivity index (χ2v) is 7.19. The molecule has 1 aliphatic heterocycles. The van der Waals surface area contributed by atoms with Crippen LogP contribution in [0.3, 0.4) is 0 Å². The maximum Gasteiger partial charge on any atom is 0.205 e. The van der Waals surface area contributed by atoms with Gasteiger partial charge in [0.25, 0.3) is 0 Å². The van der Waals surface area contributed by atoms with Gasteiger partial charge in [0.15, 0.2) is 5.01 Å². The first kappa shape index (κ1) is 13.9. The van der Waals surface area contributed by atoms with Crippen molar-refractivity contribution in [3.8, 4) is 9.88 Å². The lowest BCUT2D eigenvalue weighted by Crippen LogP contribution is -2.36. The molecular weight excluding hydrogens is 290 g/mol. The summed E-state index contributed by atoms with van der Waals surface area (Å²) in [7, 11) is 1.86. The van der Waals surface area contributed by atoms with Crippen LogP contribution in [-0.4, -0.2) is 39.7 Å². The molecule has 0 saturated carbocycles. The van der Waals surface area contributed by atoms with Gasteiger partial charge >= 0.3 is 0 Å². The largest absolute Gasteiger partial charge is 0.363 e. The lowest BCUT2D eigenvalue weighted by Gasteiger charge is -2.32. The number of piperidine rings is 1. The average Bonchev–Trinajstić information content (AvgIpc) is 3.10. The Morgan fingerprint density at radius 3 is 3.00 bits per heavy atom. The van der Waals surface area contributed by atoms with Crippen LogP contribution in [0, 0.1) is 0 Å². The van der Waals surface area contributed by atoms with E-state index in [-0.39, 0.29) is 0 Å². The Balaban J connectivity index is 1.70. The Labute approximate surface area is 127 Å². The van der Waals surface area contributed by atoms with E-state index in [4.69, 9.17) is 0 Å². The van der Waals surface area contributed by atoms with E-state index in [2.05, 4.69) is 32.3 Å². The normalized spacial score (nSPS) is 20.2. The number of nitrogens with zero attached hydrogens (tertiary/aromatic N) is 4. The molecule has 3 heterocycles. The van der Waals surface area contributed by atoms with Gasteiger partial charge in [-0.3, -0.25) is 4.90 Å². The summed E-state index contributed by atoms with van der Waals surface area (Å²) in [4.78, 5) is 8.20. The first-order valence-corrected chi connectivity index (χ1v) is 8.60. The highest BCUT2D eigenvalue weighted by molar-refractivity contribution is 7.23. The van der Waals surface area contributed by atoms with E-state index >= 15 is 0 Å². The van der Waals surface area contributed by atoms with Crippen LogP contribution in [-0.2, 0) is 6.54 Å². The highest BCUT2D eigenvalue weighted by Crippen LogP contribution is 2.31. The summed E-state index contributed by atoms with van der Waals surface area (Å²) in [5.74, 6) is 0. The first-order chi connectivity index (χ1) is 9.76. The van der Waals surface area contributed by atoms with Crippen molar-refractivity contribution >= 4 is 27.8 Å². The molecule has 0 amide bonds. The van der Waals surface area contributed by atoms with Crippen LogP contribution >= 0.6 is 22.7 Å². The minimum atomic E-state index is 0.675. The van der Waals surface area contributed by atoms with Crippen molar-refractivity contribution in [1.29, 1.82) is 0 Å². The molecule has 1 aliphatic rings. The van der Waals surface area contributed by atoms with Crippen molar-refractivity contribution < 1.29 is 0 Å². The zero-order valence-electron chi connectivity index (χ0n) is 11.8. The predicted octanol–water partition coefficient (Wildman–Crippen LogP) is 3.08. The van der Waals surface area contributed by atoms with E-state index in [1.807, 2.05) is 13.2 Å². The Morgan fingerprint density at radius 2 is 2.25 bits per heavy atom. The number of aromatic nitrogens is 3. The fraction of sp³-hybridized carbons (Fsp3) is 0.615. The van der Waals surface area contributed by atoms with Crippen LogP contribution < -0.4 is 5.32 Å². The van der Waals surface area contributed by atoms with Gasteiger partial charge in [-0.25, -0.2) is 4.98 Å². The van der Waals surface area contributed by atoms with E-state index in [9.17, 15) is 0 Å².